The van der Waals surface area contributed by atoms with Crippen LogP contribution in [0, 0.1) is 6.92 Å². The summed E-state index contributed by atoms with van der Waals surface area (Å²) in [5.41, 5.74) is 3.24. The Morgan fingerprint density at radius 2 is 1.91 bits per heavy atom. The molecule has 0 atom stereocenters. The number of nitrogens with one attached hydrogen (secondary N) is 2. The Morgan fingerprint density at radius 3 is 2.66 bits per heavy atom. The first-order chi connectivity index (χ1) is 15.4. The molecule has 2 N–H and O–H groups in total. The molecular formula is C22H17Cl2N5O3. The molecule has 0 bridgehead atoms. The average molecular weight is 470 g/mol. The van der Waals surface area contributed by atoms with E-state index in [4.69, 9.17) is 23.2 Å². The number of benzene rings is 1. The van der Waals surface area contributed by atoms with Crippen molar-refractivity contribution in [2.45, 2.75) is 6.92 Å². The Bertz CT molecular complexity index is 1350. The Kier molecular flexibility index (Phi) is 5.98. The molecule has 0 radical (unpaired) electrons. The molecule has 10 heteroatoms. The molecule has 0 saturated carbocycles. The highest BCUT2D eigenvalue weighted by Gasteiger charge is 2.22. The van der Waals surface area contributed by atoms with Gasteiger partial charge in [0, 0.05) is 23.0 Å². The Labute approximate surface area is 193 Å². The maximum Gasteiger partial charge on any atom is 0.411 e. The first-order valence-corrected chi connectivity index (χ1v) is 10.2. The summed E-state index contributed by atoms with van der Waals surface area (Å²) in [6, 6.07) is 10.4. The van der Waals surface area contributed by atoms with Crippen LogP contribution in [0.15, 0.2) is 55.0 Å². The molecule has 2 amide bonds. The predicted molar refractivity (Wildman–Crippen MR) is 124 cm³/mol. The summed E-state index contributed by atoms with van der Waals surface area (Å²) in [6.45, 7) is 1.76. The van der Waals surface area contributed by atoms with Gasteiger partial charge in [-0.1, -0.05) is 23.2 Å². The summed E-state index contributed by atoms with van der Waals surface area (Å²) in [5, 5.41) is 6.02. The van der Waals surface area contributed by atoms with E-state index in [-0.39, 0.29) is 10.8 Å². The van der Waals surface area contributed by atoms with Crippen LogP contribution in [-0.4, -0.2) is 33.5 Å². The second-order valence-electron chi connectivity index (χ2n) is 6.82. The van der Waals surface area contributed by atoms with Crippen molar-refractivity contribution in [1.82, 2.24) is 14.4 Å². The van der Waals surface area contributed by atoms with Gasteiger partial charge in [-0.25, -0.2) is 14.8 Å². The molecule has 0 aliphatic carbocycles. The van der Waals surface area contributed by atoms with Crippen LogP contribution in [0.3, 0.4) is 0 Å². The van der Waals surface area contributed by atoms with Crippen molar-refractivity contribution >= 4 is 52.1 Å². The average Bonchev–Trinajstić information content (AvgIpc) is 3.24. The lowest BCUT2D eigenvalue weighted by atomic mass is 10.1. The van der Waals surface area contributed by atoms with Gasteiger partial charge in [0.15, 0.2) is 5.69 Å². The van der Waals surface area contributed by atoms with Gasteiger partial charge in [-0.3, -0.25) is 10.1 Å². The summed E-state index contributed by atoms with van der Waals surface area (Å²) >= 11 is 12.5. The van der Waals surface area contributed by atoms with E-state index in [1.165, 1.54) is 13.2 Å². The molecular weight excluding hydrogens is 453 g/mol. The molecule has 4 rings (SSSR count). The van der Waals surface area contributed by atoms with Crippen LogP contribution < -0.4 is 10.6 Å². The Balaban J connectivity index is 1.82. The van der Waals surface area contributed by atoms with Crippen molar-refractivity contribution in [1.29, 1.82) is 0 Å². The normalized spacial score (nSPS) is 10.8. The smallest absolute Gasteiger partial charge is 0.411 e. The van der Waals surface area contributed by atoms with Crippen molar-refractivity contribution in [2.75, 3.05) is 17.7 Å². The molecule has 4 aromatic rings. The number of rotatable bonds is 4. The molecule has 0 aliphatic rings. The van der Waals surface area contributed by atoms with Crippen molar-refractivity contribution in [3.63, 3.8) is 0 Å². The van der Waals surface area contributed by atoms with Crippen molar-refractivity contribution < 1.29 is 14.3 Å². The molecule has 0 spiro atoms. The zero-order valence-corrected chi connectivity index (χ0v) is 18.5. The number of nitrogens with zero attached hydrogens (tertiary/aromatic N) is 3. The highest BCUT2D eigenvalue weighted by molar-refractivity contribution is 6.32. The van der Waals surface area contributed by atoms with Gasteiger partial charge < -0.3 is 14.5 Å². The molecule has 3 heterocycles. The van der Waals surface area contributed by atoms with E-state index in [1.807, 2.05) is 22.7 Å². The summed E-state index contributed by atoms with van der Waals surface area (Å²) in [4.78, 5) is 33.7. The second-order valence-corrected chi connectivity index (χ2v) is 7.61. The van der Waals surface area contributed by atoms with Gasteiger partial charge in [-0.2, -0.15) is 0 Å². The Morgan fingerprint density at radius 1 is 1.09 bits per heavy atom. The van der Waals surface area contributed by atoms with Gasteiger partial charge in [-0.05, 0) is 48.9 Å². The second kappa shape index (κ2) is 8.86. The third-order valence-electron chi connectivity index (χ3n) is 4.76. The third kappa shape index (κ3) is 4.10. The van der Waals surface area contributed by atoms with Crippen LogP contribution in [0.1, 0.15) is 16.1 Å². The number of amides is 2. The zero-order chi connectivity index (χ0) is 22.8. The lowest BCUT2D eigenvalue weighted by molar-refractivity contribution is 0.102. The maximum absolute atomic E-state index is 13.4. The van der Waals surface area contributed by atoms with E-state index in [0.717, 1.165) is 5.52 Å². The fourth-order valence-corrected chi connectivity index (χ4v) is 3.82. The Hall–Kier alpha value is -3.62. The number of aromatic nitrogens is 3. The number of carbonyl (C=O) groups excluding carboxylic acids is 2. The summed E-state index contributed by atoms with van der Waals surface area (Å²) in [7, 11) is 1.24. The number of methoxy groups -OCH3 is 1. The minimum atomic E-state index is -0.697. The summed E-state index contributed by atoms with van der Waals surface area (Å²) < 4.78 is 6.48. The van der Waals surface area contributed by atoms with Crippen LogP contribution in [0.4, 0.5) is 16.2 Å². The van der Waals surface area contributed by atoms with Crippen LogP contribution in [0.5, 0.6) is 0 Å². The molecule has 3 aromatic heterocycles. The monoisotopic (exact) mass is 469 g/mol. The van der Waals surface area contributed by atoms with Gasteiger partial charge in [0.05, 0.1) is 35.9 Å². The molecule has 0 aliphatic heterocycles. The molecule has 0 fully saturated rings. The van der Waals surface area contributed by atoms with E-state index >= 15 is 0 Å². The highest BCUT2D eigenvalue weighted by Crippen LogP contribution is 2.33. The van der Waals surface area contributed by atoms with E-state index in [2.05, 4.69) is 25.3 Å². The summed E-state index contributed by atoms with van der Waals surface area (Å²) in [6.07, 6.45) is 4.27. The van der Waals surface area contributed by atoms with Crippen LogP contribution in [-0.2, 0) is 4.74 Å². The number of ether oxygens (including phenoxy) is 1. The molecule has 1 aromatic carbocycles. The minimum absolute atomic E-state index is 0.127. The number of fused-ring (bicyclic) bond motifs is 1. The fraction of sp³-hybridized carbons (Fsp3) is 0.0909. The fourth-order valence-electron chi connectivity index (χ4n) is 3.34. The predicted octanol–water partition coefficient (Wildman–Crippen LogP) is 5.44. The number of pyridine rings is 1. The minimum Gasteiger partial charge on any atom is -0.453 e. The zero-order valence-electron chi connectivity index (χ0n) is 17.0. The molecule has 8 nitrogen and oxygen atoms in total. The largest absolute Gasteiger partial charge is 0.453 e. The number of hydrogen-bond donors (Lipinski definition) is 2. The van der Waals surface area contributed by atoms with E-state index in [9.17, 15) is 9.59 Å². The van der Waals surface area contributed by atoms with Gasteiger partial charge >= 0.3 is 6.09 Å². The van der Waals surface area contributed by atoms with Crippen LogP contribution in [0.25, 0.3) is 16.8 Å². The quantitative estimate of drug-likeness (QED) is 0.387. The first kappa shape index (κ1) is 21.6. The van der Waals surface area contributed by atoms with Crippen LogP contribution >= 0.6 is 23.2 Å². The van der Waals surface area contributed by atoms with Crippen LogP contribution in [0.2, 0.25) is 10.2 Å². The van der Waals surface area contributed by atoms with Crippen molar-refractivity contribution in [2.24, 2.45) is 0 Å². The lowest BCUT2D eigenvalue weighted by Crippen LogP contribution is -2.20. The maximum atomic E-state index is 13.4. The van der Waals surface area contributed by atoms with Gasteiger partial charge in [0.1, 0.15) is 5.15 Å². The molecule has 0 saturated heterocycles. The highest BCUT2D eigenvalue weighted by atomic mass is 35.5. The molecule has 0 unspecified atom stereocenters. The standard InChI is InChI=1S/C22H17Cl2N5O3/c1-12-9-13(23)10-16(27-22(31)32-2)17(12)28-21(30)18-19(15-6-3-7-25-20(15)24)29-8-4-5-14(29)11-26-18/h3-11H,1-2H3,(H,27,31)(H,28,30). The lowest BCUT2D eigenvalue weighted by Gasteiger charge is -2.17. The topological polar surface area (TPSA) is 97.6 Å². The molecule has 32 heavy (non-hydrogen) atoms. The van der Waals surface area contributed by atoms with E-state index in [0.29, 0.717) is 33.2 Å². The number of halogens is 2. The molecule has 162 valence electrons. The third-order valence-corrected chi connectivity index (χ3v) is 5.28. The SMILES string of the molecule is COC(=O)Nc1cc(Cl)cc(C)c1NC(=O)c1ncc2cccn2c1-c1cccnc1Cl. The number of carbonyl (C=O) groups is 2. The van der Waals surface area contributed by atoms with Crippen molar-refractivity contribution in [3.8, 4) is 11.3 Å². The van der Waals surface area contributed by atoms with Gasteiger partial charge in [0.2, 0.25) is 0 Å². The number of hydrogen-bond acceptors (Lipinski definition) is 5. The number of anilines is 2. The van der Waals surface area contributed by atoms with E-state index < -0.39 is 12.0 Å². The van der Waals surface area contributed by atoms with Gasteiger partial charge in [0.25, 0.3) is 5.91 Å². The van der Waals surface area contributed by atoms with Gasteiger partial charge in [-0.15, -0.1) is 0 Å². The first-order valence-electron chi connectivity index (χ1n) is 9.42. The van der Waals surface area contributed by atoms with E-state index in [1.54, 1.807) is 37.5 Å². The number of aryl methyl sites for hydroxylation is 1. The summed E-state index contributed by atoms with van der Waals surface area (Å²) in [5.74, 6) is -0.506. The van der Waals surface area contributed by atoms with Crippen molar-refractivity contribution in [3.05, 3.63) is 76.4 Å².